The van der Waals surface area contributed by atoms with Crippen LogP contribution in [0.5, 0.6) is 0 Å². The molecule has 2 nitrogen and oxygen atoms in total. The van der Waals surface area contributed by atoms with Crippen LogP contribution in [0.1, 0.15) is 30.9 Å². The summed E-state index contributed by atoms with van der Waals surface area (Å²) in [4.78, 5) is 2.27. The zero-order valence-electron chi connectivity index (χ0n) is 11.3. The molecule has 110 valence electrons. The Bertz CT molecular complexity index is 459. The topological polar surface area (TPSA) is 15.3 Å². The molecule has 5 heteroatoms. The largest absolute Gasteiger partial charge is 0.314 e. The van der Waals surface area contributed by atoms with Gasteiger partial charge in [0.15, 0.2) is 17.5 Å². The highest BCUT2D eigenvalue weighted by atomic mass is 19.2. The van der Waals surface area contributed by atoms with E-state index in [0.717, 1.165) is 39.0 Å². The van der Waals surface area contributed by atoms with Crippen molar-refractivity contribution in [3.05, 3.63) is 35.1 Å². The second-order valence-electron chi connectivity index (χ2n) is 5.72. The Morgan fingerprint density at radius 3 is 2.15 bits per heavy atom. The maximum absolute atomic E-state index is 13.5. The van der Waals surface area contributed by atoms with Gasteiger partial charge in [-0.15, -0.1) is 0 Å². The van der Waals surface area contributed by atoms with E-state index in [-0.39, 0.29) is 6.04 Å². The van der Waals surface area contributed by atoms with E-state index in [1.165, 1.54) is 18.6 Å². The van der Waals surface area contributed by atoms with Crippen LogP contribution in [-0.4, -0.2) is 31.1 Å². The molecule has 2 aliphatic rings. The van der Waals surface area contributed by atoms with E-state index in [0.29, 0.717) is 11.5 Å². The summed E-state index contributed by atoms with van der Waals surface area (Å²) in [6.45, 7) is 3.49. The number of benzene rings is 1. The molecule has 1 aliphatic heterocycles. The summed E-state index contributed by atoms with van der Waals surface area (Å²) >= 11 is 0. The molecule has 1 aliphatic carbocycles. The van der Waals surface area contributed by atoms with E-state index in [1.54, 1.807) is 0 Å². The average molecular weight is 284 g/mol. The quantitative estimate of drug-likeness (QED) is 0.859. The zero-order chi connectivity index (χ0) is 14.1. The van der Waals surface area contributed by atoms with E-state index in [2.05, 4.69) is 10.2 Å². The van der Waals surface area contributed by atoms with Gasteiger partial charge in [-0.3, -0.25) is 4.90 Å². The van der Waals surface area contributed by atoms with Gasteiger partial charge in [-0.1, -0.05) is 6.42 Å². The Labute approximate surface area is 117 Å². The van der Waals surface area contributed by atoms with E-state index >= 15 is 0 Å². The number of hydrogen-bond donors (Lipinski definition) is 1. The van der Waals surface area contributed by atoms with Crippen molar-refractivity contribution in [3.8, 4) is 0 Å². The molecule has 1 N–H and O–H groups in total. The van der Waals surface area contributed by atoms with Gasteiger partial charge in [0.05, 0.1) is 0 Å². The van der Waals surface area contributed by atoms with Gasteiger partial charge in [-0.05, 0) is 36.5 Å². The van der Waals surface area contributed by atoms with Crippen LogP contribution in [0.4, 0.5) is 13.2 Å². The molecule has 3 rings (SSSR count). The zero-order valence-corrected chi connectivity index (χ0v) is 11.3. The van der Waals surface area contributed by atoms with Crippen molar-refractivity contribution in [1.29, 1.82) is 0 Å². The Balaban J connectivity index is 1.91. The Kier molecular flexibility index (Phi) is 3.98. The van der Waals surface area contributed by atoms with E-state index < -0.39 is 17.5 Å². The smallest absolute Gasteiger partial charge is 0.194 e. The molecule has 1 atom stereocenters. The molecule has 0 spiro atoms. The molecular formula is C15H19F3N2. The van der Waals surface area contributed by atoms with Crippen molar-refractivity contribution in [1.82, 2.24) is 10.2 Å². The van der Waals surface area contributed by atoms with Crippen LogP contribution in [0.25, 0.3) is 0 Å². The first kappa shape index (κ1) is 13.9. The molecule has 1 saturated heterocycles. The van der Waals surface area contributed by atoms with Gasteiger partial charge in [-0.25, -0.2) is 13.2 Å². The molecule has 0 unspecified atom stereocenters. The summed E-state index contributed by atoms with van der Waals surface area (Å²) in [6.07, 6.45) is 3.32. The van der Waals surface area contributed by atoms with Crippen molar-refractivity contribution < 1.29 is 13.2 Å². The number of nitrogens with zero attached hydrogens (tertiary/aromatic N) is 1. The van der Waals surface area contributed by atoms with Crippen LogP contribution >= 0.6 is 0 Å². The van der Waals surface area contributed by atoms with Crippen molar-refractivity contribution in [2.45, 2.75) is 25.3 Å². The van der Waals surface area contributed by atoms with Gasteiger partial charge in [0.25, 0.3) is 0 Å². The van der Waals surface area contributed by atoms with Gasteiger partial charge in [0.2, 0.25) is 0 Å². The highest BCUT2D eigenvalue weighted by molar-refractivity contribution is 5.24. The van der Waals surface area contributed by atoms with Gasteiger partial charge in [-0.2, -0.15) is 0 Å². The fourth-order valence-electron chi connectivity index (χ4n) is 3.24. The van der Waals surface area contributed by atoms with Gasteiger partial charge < -0.3 is 5.32 Å². The van der Waals surface area contributed by atoms with E-state index in [4.69, 9.17) is 0 Å². The highest BCUT2D eigenvalue weighted by Gasteiger charge is 2.34. The predicted molar refractivity (Wildman–Crippen MR) is 70.8 cm³/mol. The lowest BCUT2D eigenvalue weighted by atomic mass is 9.76. The minimum atomic E-state index is -1.37. The lowest BCUT2D eigenvalue weighted by Gasteiger charge is -2.43. The lowest BCUT2D eigenvalue weighted by Crippen LogP contribution is -2.47. The SMILES string of the molecule is Fc1cc([C@@H](C2CCC2)N2CCNCC2)cc(F)c1F. The van der Waals surface area contributed by atoms with Crippen LogP contribution < -0.4 is 5.32 Å². The summed E-state index contributed by atoms with van der Waals surface area (Å²) < 4.78 is 40.2. The maximum Gasteiger partial charge on any atom is 0.194 e. The Hall–Kier alpha value is -1.07. The monoisotopic (exact) mass is 284 g/mol. The Morgan fingerprint density at radius 2 is 1.65 bits per heavy atom. The highest BCUT2D eigenvalue weighted by Crippen LogP contribution is 2.42. The Morgan fingerprint density at radius 1 is 1.05 bits per heavy atom. The predicted octanol–water partition coefficient (Wildman–Crippen LogP) is 2.85. The third-order valence-electron chi connectivity index (χ3n) is 4.49. The minimum Gasteiger partial charge on any atom is -0.314 e. The molecule has 1 saturated carbocycles. The van der Waals surface area contributed by atoms with Crippen LogP contribution in [0.3, 0.4) is 0 Å². The fourth-order valence-corrected chi connectivity index (χ4v) is 3.24. The minimum absolute atomic E-state index is 0.00968. The molecule has 1 aromatic rings. The maximum atomic E-state index is 13.5. The first-order valence-corrected chi connectivity index (χ1v) is 7.26. The first-order chi connectivity index (χ1) is 9.66. The van der Waals surface area contributed by atoms with Crippen molar-refractivity contribution in [2.75, 3.05) is 26.2 Å². The number of rotatable bonds is 3. The second-order valence-corrected chi connectivity index (χ2v) is 5.72. The summed E-state index contributed by atoms with van der Waals surface area (Å²) in [7, 11) is 0. The molecule has 0 bridgehead atoms. The lowest BCUT2D eigenvalue weighted by molar-refractivity contribution is 0.0831. The van der Waals surface area contributed by atoms with Crippen LogP contribution in [0, 0.1) is 23.4 Å². The van der Waals surface area contributed by atoms with Crippen molar-refractivity contribution in [3.63, 3.8) is 0 Å². The van der Waals surface area contributed by atoms with Crippen LogP contribution in [-0.2, 0) is 0 Å². The number of piperazine rings is 1. The number of nitrogens with one attached hydrogen (secondary N) is 1. The average Bonchev–Trinajstić information content (AvgIpc) is 2.40. The number of hydrogen-bond acceptors (Lipinski definition) is 2. The van der Waals surface area contributed by atoms with Crippen LogP contribution in [0.15, 0.2) is 12.1 Å². The molecule has 0 radical (unpaired) electrons. The first-order valence-electron chi connectivity index (χ1n) is 7.26. The van der Waals surface area contributed by atoms with E-state index in [9.17, 15) is 13.2 Å². The third kappa shape index (κ3) is 2.56. The molecule has 0 amide bonds. The fraction of sp³-hybridized carbons (Fsp3) is 0.600. The summed E-state index contributed by atoms with van der Waals surface area (Å²) in [5.74, 6) is -3.11. The second kappa shape index (κ2) is 5.74. The summed E-state index contributed by atoms with van der Waals surface area (Å²) in [5.41, 5.74) is 0.577. The molecule has 1 aromatic carbocycles. The molecular weight excluding hydrogens is 265 g/mol. The third-order valence-corrected chi connectivity index (χ3v) is 4.49. The molecule has 1 heterocycles. The van der Waals surface area contributed by atoms with Crippen molar-refractivity contribution in [2.24, 2.45) is 5.92 Å². The standard InChI is InChI=1S/C15H19F3N2/c16-12-8-11(9-13(17)14(12)18)15(10-2-1-3-10)20-6-4-19-5-7-20/h8-10,15,19H,1-7H2/t15-/m1/s1. The normalized spacial score (nSPS) is 22.6. The van der Waals surface area contributed by atoms with Crippen LogP contribution in [0.2, 0.25) is 0 Å². The van der Waals surface area contributed by atoms with Crippen molar-refractivity contribution >= 4 is 0 Å². The van der Waals surface area contributed by atoms with E-state index in [1.807, 2.05) is 0 Å². The molecule has 0 aromatic heterocycles. The summed E-state index contributed by atoms with van der Waals surface area (Å²) in [5, 5.41) is 3.28. The molecule has 20 heavy (non-hydrogen) atoms. The molecule has 2 fully saturated rings. The number of halogens is 3. The van der Waals surface area contributed by atoms with Gasteiger partial charge in [0, 0.05) is 32.2 Å². The van der Waals surface area contributed by atoms with Gasteiger partial charge in [0.1, 0.15) is 0 Å². The van der Waals surface area contributed by atoms with Gasteiger partial charge >= 0.3 is 0 Å². The summed E-state index contributed by atoms with van der Waals surface area (Å²) in [6, 6.07) is 2.35.